The zero-order valence-corrected chi connectivity index (χ0v) is 23.1. The van der Waals surface area contributed by atoms with E-state index in [1.807, 2.05) is 0 Å². The SMILES string of the molecule is CC(=O)O.COCCOc1cc(OC)cc(C(Nc2ccc(C(=N)N)cc2)c2nn(-c3ncccc3N)c(=O)[nH]2)c1F. The third kappa shape index (κ3) is 7.82. The van der Waals surface area contributed by atoms with E-state index in [9.17, 15) is 4.79 Å². The highest BCUT2D eigenvalue weighted by Gasteiger charge is 2.27. The lowest BCUT2D eigenvalue weighted by Crippen LogP contribution is -2.18. The molecule has 0 radical (unpaired) electrons. The second kappa shape index (κ2) is 14.3. The van der Waals surface area contributed by atoms with Gasteiger partial charge in [-0.15, -0.1) is 5.10 Å². The molecule has 2 aromatic heterocycles. The van der Waals surface area contributed by atoms with Crippen molar-refractivity contribution < 1.29 is 28.5 Å². The van der Waals surface area contributed by atoms with E-state index in [0.717, 1.165) is 11.6 Å². The molecule has 0 saturated heterocycles. The molecule has 2 aromatic carbocycles. The number of nitrogen functional groups attached to an aromatic ring is 2. The molecule has 4 aromatic rings. The molecule has 42 heavy (non-hydrogen) atoms. The number of nitrogens with one attached hydrogen (secondary N) is 3. The number of carboxylic acids is 1. The molecule has 0 fully saturated rings. The van der Waals surface area contributed by atoms with Gasteiger partial charge in [-0.25, -0.2) is 14.2 Å². The summed E-state index contributed by atoms with van der Waals surface area (Å²) >= 11 is 0. The summed E-state index contributed by atoms with van der Waals surface area (Å²) in [4.78, 5) is 28.7. The molecule has 1 atom stereocenters. The number of nitrogens with two attached hydrogens (primary N) is 2. The van der Waals surface area contributed by atoms with Gasteiger partial charge in [0.25, 0.3) is 5.97 Å². The number of hydrogen-bond acceptors (Lipinski definition) is 10. The van der Waals surface area contributed by atoms with E-state index in [2.05, 4.69) is 20.4 Å². The fourth-order valence-corrected chi connectivity index (χ4v) is 3.67. The van der Waals surface area contributed by atoms with Gasteiger partial charge in [0.1, 0.15) is 24.2 Å². The lowest BCUT2D eigenvalue weighted by molar-refractivity contribution is -0.134. The zero-order chi connectivity index (χ0) is 30.8. The third-order valence-electron chi connectivity index (χ3n) is 5.57. The number of amidine groups is 1. The van der Waals surface area contributed by atoms with Gasteiger partial charge in [0.15, 0.2) is 23.2 Å². The number of carboxylic acid groups (broad SMARTS) is 1. The van der Waals surface area contributed by atoms with Gasteiger partial charge in [0, 0.05) is 43.1 Å². The first kappa shape index (κ1) is 31.1. The number of methoxy groups -OCH3 is 2. The second-order valence-corrected chi connectivity index (χ2v) is 8.60. The lowest BCUT2D eigenvalue weighted by Gasteiger charge is -2.21. The molecule has 0 aliphatic heterocycles. The molecular weight excluding hydrogens is 551 g/mol. The van der Waals surface area contributed by atoms with Crippen LogP contribution in [0, 0.1) is 11.2 Å². The van der Waals surface area contributed by atoms with Gasteiger partial charge in [-0.1, -0.05) is 0 Å². The van der Waals surface area contributed by atoms with E-state index in [1.165, 1.54) is 32.5 Å². The van der Waals surface area contributed by atoms with Gasteiger partial charge in [-0.3, -0.25) is 15.2 Å². The highest BCUT2D eigenvalue weighted by molar-refractivity contribution is 5.95. The Morgan fingerprint density at radius 1 is 1.21 bits per heavy atom. The normalized spacial score (nSPS) is 11.1. The summed E-state index contributed by atoms with van der Waals surface area (Å²) in [6.07, 6.45) is 1.48. The summed E-state index contributed by atoms with van der Waals surface area (Å²) in [5.41, 5.74) is 12.3. The number of rotatable bonds is 11. The number of aromatic nitrogens is 4. The predicted molar refractivity (Wildman–Crippen MR) is 153 cm³/mol. The van der Waals surface area contributed by atoms with Gasteiger partial charge >= 0.3 is 5.69 Å². The number of benzene rings is 2. The Bertz CT molecular complexity index is 1580. The van der Waals surface area contributed by atoms with Crippen LogP contribution in [-0.2, 0) is 9.53 Å². The summed E-state index contributed by atoms with van der Waals surface area (Å²) in [5, 5.41) is 22.6. The van der Waals surface area contributed by atoms with E-state index >= 15 is 4.39 Å². The minimum atomic E-state index is -1.02. The summed E-state index contributed by atoms with van der Waals surface area (Å²) in [6, 6.07) is 11.7. The van der Waals surface area contributed by atoms with E-state index in [1.54, 1.807) is 36.4 Å². The lowest BCUT2D eigenvalue weighted by atomic mass is 10.0. The van der Waals surface area contributed by atoms with Crippen LogP contribution in [-0.4, -0.2) is 64.1 Å². The molecule has 0 saturated carbocycles. The molecule has 0 bridgehead atoms. The number of pyridine rings is 1. The molecule has 1 unspecified atom stereocenters. The molecule has 4 rings (SSSR count). The largest absolute Gasteiger partial charge is 0.497 e. The minimum absolute atomic E-state index is 0.0640. The number of halogens is 1. The molecule has 15 heteroatoms. The summed E-state index contributed by atoms with van der Waals surface area (Å²) in [7, 11) is 2.95. The smallest absolute Gasteiger partial charge is 0.349 e. The van der Waals surface area contributed by atoms with Crippen molar-refractivity contribution in [2.75, 3.05) is 38.5 Å². The van der Waals surface area contributed by atoms with Gasteiger partial charge < -0.3 is 36.1 Å². The highest BCUT2D eigenvalue weighted by Crippen LogP contribution is 2.35. The van der Waals surface area contributed by atoms with Crippen molar-refractivity contribution in [3.05, 3.63) is 88.0 Å². The van der Waals surface area contributed by atoms with E-state index in [0.29, 0.717) is 17.0 Å². The second-order valence-electron chi connectivity index (χ2n) is 8.60. The number of H-pyrrole nitrogens is 1. The number of aromatic amines is 1. The minimum Gasteiger partial charge on any atom is -0.497 e. The zero-order valence-electron chi connectivity index (χ0n) is 23.1. The molecular formula is C27H31FN8O6. The van der Waals surface area contributed by atoms with Gasteiger partial charge in [-0.05, 0) is 42.5 Å². The predicted octanol–water partition coefficient (Wildman–Crippen LogP) is 2.29. The van der Waals surface area contributed by atoms with Crippen molar-refractivity contribution in [3.63, 3.8) is 0 Å². The first-order valence-corrected chi connectivity index (χ1v) is 12.4. The van der Waals surface area contributed by atoms with Crippen LogP contribution in [0.3, 0.4) is 0 Å². The van der Waals surface area contributed by atoms with Gasteiger partial charge in [-0.2, -0.15) is 4.68 Å². The van der Waals surface area contributed by atoms with Crippen molar-refractivity contribution in [3.8, 4) is 17.3 Å². The molecule has 222 valence electrons. The molecule has 2 heterocycles. The van der Waals surface area contributed by atoms with Crippen LogP contribution in [0.1, 0.15) is 29.9 Å². The van der Waals surface area contributed by atoms with Crippen LogP contribution in [0.25, 0.3) is 5.82 Å². The van der Waals surface area contributed by atoms with Crippen LogP contribution in [0.4, 0.5) is 15.8 Å². The summed E-state index contributed by atoms with van der Waals surface area (Å²) in [6.45, 7) is 1.44. The van der Waals surface area contributed by atoms with Crippen molar-refractivity contribution in [2.24, 2.45) is 5.73 Å². The number of carbonyl (C=O) groups is 1. The topological polar surface area (TPSA) is 216 Å². The third-order valence-corrected chi connectivity index (χ3v) is 5.57. The maximum absolute atomic E-state index is 15.9. The molecule has 8 N–H and O–H groups in total. The Morgan fingerprint density at radius 3 is 2.50 bits per heavy atom. The average molecular weight is 583 g/mol. The van der Waals surface area contributed by atoms with Crippen molar-refractivity contribution in [1.29, 1.82) is 5.41 Å². The van der Waals surface area contributed by atoms with E-state index < -0.39 is 23.5 Å². The fourth-order valence-electron chi connectivity index (χ4n) is 3.67. The van der Waals surface area contributed by atoms with Crippen LogP contribution in [0.5, 0.6) is 11.5 Å². The molecule has 14 nitrogen and oxygen atoms in total. The van der Waals surface area contributed by atoms with Gasteiger partial charge in [0.2, 0.25) is 0 Å². The van der Waals surface area contributed by atoms with Crippen LogP contribution in [0.2, 0.25) is 0 Å². The fraction of sp³-hybridized carbons (Fsp3) is 0.222. The van der Waals surface area contributed by atoms with Crippen LogP contribution in [0.15, 0.2) is 59.5 Å². The molecule has 0 amide bonds. The highest BCUT2D eigenvalue weighted by atomic mass is 19.1. The van der Waals surface area contributed by atoms with E-state index in [4.69, 9.17) is 41.0 Å². The monoisotopic (exact) mass is 582 g/mol. The number of nitrogens with zero attached hydrogens (tertiary/aromatic N) is 3. The maximum Gasteiger partial charge on any atom is 0.349 e. The standard InChI is InChI=1S/C25H27FN8O4.C2H4O2/c1-36-10-11-38-19-13-16(37-2)12-17(20(19)26)21(31-15-7-5-14(6-8-15)22(28)29)23-32-25(35)34(33-23)24-18(27)4-3-9-30-24;1-2(3)4/h3-9,12-13,21,31H,10-11,27H2,1-2H3,(H3,28,29)(H,32,33,35);1H3,(H,3,4). The Morgan fingerprint density at radius 2 is 1.90 bits per heavy atom. The summed E-state index contributed by atoms with van der Waals surface area (Å²) in [5.74, 6) is -1.16. The maximum atomic E-state index is 15.9. The first-order chi connectivity index (χ1) is 20.0. The van der Waals surface area contributed by atoms with Crippen LogP contribution >= 0.6 is 0 Å². The number of ether oxygens (including phenoxy) is 3. The van der Waals surface area contributed by atoms with E-state index in [-0.39, 0.29) is 47.7 Å². The number of anilines is 2. The quantitative estimate of drug-likeness (QED) is 0.0856. The Labute approximate surface area is 239 Å². The van der Waals surface area contributed by atoms with Crippen LogP contribution < -0.4 is 31.9 Å². The van der Waals surface area contributed by atoms with Crippen molar-refractivity contribution >= 4 is 23.2 Å². The Kier molecular flexibility index (Phi) is 10.6. The number of aliphatic carboxylic acids is 1. The average Bonchev–Trinajstić information content (AvgIpc) is 3.34. The molecule has 0 aliphatic rings. The summed E-state index contributed by atoms with van der Waals surface area (Å²) < 4.78 is 32.8. The molecule has 0 spiro atoms. The first-order valence-electron chi connectivity index (χ1n) is 12.4. The van der Waals surface area contributed by atoms with Crippen molar-refractivity contribution in [2.45, 2.75) is 13.0 Å². The Balaban J connectivity index is 0.00000114. The van der Waals surface area contributed by atoms with Gasteiger partial charge in [0.05, 0.1) is 19.4 Å². The number of hydrogen-bond donors (Lipinski definition) is 6. The van der Waals surface area contributed by atoms with Crippen molar-refractivity contribution in [1.82, 2.24) is 19.7 Å². The molecule has 0 aliphatic carbocycles. The Hall–Kier alpha value is -5.44.